The standard InChI is InChI=1S/C17H12N2O3/c1-12(14-8-5-9-15(10-14)19(21)22)16(11-18)17(20)13-6-3-2-4-7-13/h2-10H,1H3/b16-12-. The highest BCUT2D eigenvalue weighted by Gasteiger charge is 2.17. The summed E-state index contributed by atoms with van der Waals surface area (Å²) in [6.45, 7) is 1.61. The van der Waals surface area contributed by atoms with Gasteiger partial charge in [-0.25, -0.2) is 0 Å². The zero-order chi connectivity index (χ0) is 16.1. The Kier molecular flexibility index (Phi) is 4.44. The molecule has 0 aliphatic rings. The summed E-state index contributed by atoms with van der Waals surface area (Å²) in [6, 6.07) is 16.2. The summed E-state index contributed by atoms with van der Waals surface area (Å²) < 4.78 is 0. The van der Waals surface area contributed by atoms with Gasteiger partial charge in [0, 0.05) is 17.7 Å². The number of rotatable bonds is 4. The fourth-order valence-electron chi connectivity index (χ4n) is 2.04. The van der Waals surface area contributed by atoms with Gasteiger partial charge >= 0.3 is 0 Å². The number of hydrogen-bond donors (Lipinski definition) is 0. The predicted molar refractivity (Wildman–Crippen MR) is 82.1 cm³/mol. The topological polar surface area (TPSA) is 84.0 Å². The molecule has 5 heteroatoms. The van der Waals surface area contributed by atoms with Crippen molar-refractivity contribution >= 4 is 17.0 Å². The molecule has 2 aromatic carbocycles. The molecule has 0 aliphatic carbocycles. The number of nitro groups is 1. The third kappa shape index (κ3) is 3.07. The lowest BCUT2D eigenvalue weighted by molar-refractivity contribution is -0.384. The van der Waals surface area contributed by atoms with Crippen LogP contribution < -0.4 is 0 Å². The maximum atomic E-state index is 12.4. The number of ketones is 1. The van der Waals surface area contributed by atoms with Gasteiger partial charge in [-0.2, -0.15) is 5.26 Å². The third-order valence-corrected chi connectivity index (χ3v) is 3.24. The van der Waals surface area contributed by atoms with Crippen molar-refractivity contribution in [3.05, 3.63) is 81.4 Å². The van der Waals surface area contributed by atoms with Crippen molar-refractivity contribution in [3.63, 3.8) is 0 Å². The second-order valence-electron chi connectivity index (χ2n) is 4.61. The summed E-state index contributed by atoms with van der Waals surface area (Å²) in [7, 11) is 0. The quantitative estimate of drug-likeness (QED) is 0.282. The first kappa shape index (κ1) is 15.1. The Morgan fingerprint density at radius 2 is 1.73 bits per heavy atom. The van der Waals surface area contributed by atoms with Gasteiger partial charge in [-0.3, -0.25) is 14.9 Å². The minimum absolute atomic E-state index is 0.0216. The number of Topliss-reactive ketones (excluding diaryl/α,β-unsaturated/α-hetero) is 1. The fourth-order valence-corrected chi connectivity index (χ4v) is 2.04. The second kappa shape index (κ2) is 6.46. The Bertz CT molecular complexity index is 802. The monoisotopic (exact) mass is 292 g/mol. The molecule has 0 amide bonds. The van der Waals surface area contributed by atoms with Gasteiger partial charge in [0.2, 0.25) is 5.78 Å². The molecule has 0 fully saturated rings. The maximum Gasteiger partial charge on any atom is 0.270 e. The summed E-state index contributed by atoms with van der Waals surface area (Å²) in [5.74, 6) is -0.396. The average molecular weight is 292 g/mol. The van der Waals surface area contributed by atoms with Crippen molar-refractivity contribution in [2.45, 2.75) is 6.92 Å². The maximum absolute atomic E-state index is 12.4. The summed E-state index contributed by atoms with van der Waals surface area (Å²) in [5.41, 5.74) is 1.20. The largest absolute Gasteiger partial charge is 0.288 e. The normalized spacial score (nSPS) is 11.3. The fraction of sp³-hybridized carbons (Fsp3) is 0.0588. The van der Waals surface area contributed by atoms with Gasteiger partial charge in [0.15, 0.2) is 0 Å². The SMILES string of the molecule is C/C(=C(\C#N)C(=O)c1ccccc1)c1cccc([N+](=O)[O-])c1. The van der Waals surface area contributed by atoms with Crippen LogP contribution in [0.15, 0.2) is 60.2 Å². The lowest BCUT2D eigenvalue weighted by Crippen LogP contribution is -2.04. The van der Waals surface area contributed by atoms with Crippen LogP contribution in [0.5, 0.6) is 0 Å². The van der Waals surface area contributed by atoms with E-state index in [9.17, 15) is 20.2 Å². The van der Waals surface area contributed by atoms with E-state index in [0.717, 1.165) is 0 Å². The number of benzene rings is 2. The van der Waals surface area contributed by atoms with E-state index in [4.69, 9.17) is 0 Å². The van der Waals surface area contributed by atoms with Gasteiger partial charge in [-0.1, -0.05) is 42.5 Å². The van der Waals surface area contributed by atoms with E-state index in [1.807, 2.05) is 6.07 Å². The Balaban J connectivity index is 2.50. The van der Waals surface area contributed by atoms with Gasteiger partial charge in [0.05, 0.1) is 4.92 Å². The van der Waals surface area contributed by atoms with Crippen LogP contribution in [0.4, 0.5) is 5.69 Å². The predicted octanol–water partition coefficient (Wildman–Crippen LogP) is 3.77. The first-order chi connectivity index (χ1) is 10.5. The molecule has 0 heterocycles. The highest BCUT2D eigenvalue weighted by molar-refractivity contribution is 6.15. The molecule has 0 unspecified atom stereocenters. The zero-order valence-electron chi connectivity index (χ0n) is 11.8. The number of carbonyl (C=O) groups is 1. The minimum atomic E-state index is -0.512. The number of hydrogen-bond acceptors (Lipinski definition) is 4. The van der Waals surface area contributed by atoms with Gasteiger partial charge in [-0.15, -0.1) is 0 Å². The van der Waals surface area contributed by atoms with Gasteiger partial charge in [-0.05, 0) is 18.1 Å². The molecule has 2 aromatic rings. The first-order valence-electron chi connectivity index (χ1n) is 6.50. The van der Waals surface area contributed by atoms with Crippen LogP contribution >= 0.6 is 0 Å². The van der Waals surface area contributed by atoms with Gasteiger partial charge in [0.25, 0.3) is 5.69 Å². The first-order valence-corrected chi connectivity index (χ1v) is 6.50. The van der Waals surface area contributed by atoms with E-state index in [0.29, 0.717) is 16.7 Å². The Morgan fingerprint density at radius 3 is 2.32 bits per heavy atom. The van der Waals surface area contributed by atoms with E-state index >= 15 is 0 Å². The molecule has 2 rings (SSSR count). The van der Waals surface area contributed by atoms with Crippen LogP contribution in [0, 0.1) is 21.4 Å². The van der Waals surface area contributed by atoms with Crippen LogP contribution in [0.3, 0.4) is 0 Å². The lowest BCUT2D eigenvalue weighted by atomic mass is 9.95. The number of nitriles is 1. The van der Waals surface area contributed by atoms with Crippen molar-refractivity contribution in [3.8, 4) is 6.07 Å². The van der Waals surface area contributed by atoms with E-state index in [1.165, 1.54) is 18.2 Å². The van der Waals surface area contributed by atoms with E-state index in [-0.39, 0.29) is 11.3 Å². The molecule has 0 aromatic heterocycles. The number of nitrogens with zero attached hydrogens (tertiary/aromatic N) is 2. The molecule has 0 atom stereocenters. The number of non-ortho nitro benzene ring substituents is 1. The van der Waals surface area contributed by atoms with Crippen LogP contribution in [-0.4, -0.2) is 10.7 Å². The summed E-state index contributed by atoms with van der Waals surface area (Å²) in [5, 5.41) is 20.1. The average Bonchev–Trinajstić information content (AvgIpc) is 2.56. The van der Waals surface area contributed by atoms with Crippen LogP contribution in [0.1, 0.15) is 22.8 Å². The van der Waals surface area contributed by atoms with Crippen molar-refractivity contribution in [2.75, 3.05) is 0 Å². The molecule has 0 saturated carbocycles. The van der Waals surface area contributed by atoms with Crippen molar-refractivity contribution in [1.82, 2.24) is 0 Å². The highest BCUT2D eigenvalue weighted by atomic mass is 16.6. The molecule has 22 heavy (non-hydrogen) atoms. The third-order valence-electron chi connectivity index (χ3n) is 3.24. The second-order valence-corrected chi connectivity index (χ2v) is 4.61. The van der Waals surface area contributed by atoms with Crippen LogP contribution in [0.25, 0.3) is 5.57 Å². The van der Waals surface area contributed by atoms with Gasteiger partial charge < -0.3 is 0 Å². The van der Waals surface area contributed by atoms with Gasteiger partial charge in [0.1, 0.15) is 11.6 Å². The zero-order valence-corrected chi connectivity index (χ0v) is 11.8. The number of allylic oxidation sites excluding steroid dienone is 2. The van der Waals surface area contributed by atoms with E-state index in [1.54, 1.807) is 43.3 Å². The molecule has 5 nitrogen and oxygen atoms in total. The molecule has 0 spiro atoms. The smallest absolute Gasteiger partial charge is 0.270 e. The summed E-state index contributed by atoms with van der Waals surface area (Å²) in [6.07, 6.45) is 0. The van der Waals surface area contributed by atoms with Crippen molar-refractivity contribution in [1.29, 1.82) is 5.26 Å². The Hall–Kier alpha value is -3.26. The molecule has 0 bridgehead atoms. The minimum Gasteiger partial charge on any atom is -0.288 e. The highest BCUT2D eigenvalue weighted by Crippen LogP contribution is 2.24. The van der Waals surface area contributed by atoms with E-state index < -0.39 is 10.7 Å². The molecular formula is C17H12N2O3. The van der Waals surface area contributed by atoms with Crippen LogP contribution in [-0.2, 0) is 0 Å². The van der Waals surface area contributed by atoms with Crippen molar-refractivity contribution in [2.24, 2.45) is 0 Å². The molecule has 0 N–H and O–H groups in total. The molecule has 108 valence electrons. The molecule has 0 radical (unpaired) electrons. The van der Waals surface area contributed by atoms with E-state index in [2.05, 4.69) is 0 Å². The summed E-state index contributed by atoms with van der Waals surface area (Å²) in [4.78, 5) is 22.7. The Labute approximate surface area is 127 Å². The molecular weight excluding hydrogens is 280 g/mol. The molecule has 0 aliphatic heterocycles. The van der Waals surface area contributed by atoms with Crippen molar-refractivity contribution < 1.29 is 9.72 Å². The number of carbonyl (C=O) groups excluding carboxylic acids is 1. The van der Waals surface area contributed by atoms with Crippen LogP contribution in [0.2, 0.25) is 0 Å². The summed E-state index contributed by atoms with van der Waals surface area (Å²) >= 11 is 0. The Morgan fingerprint density at radius 1 is 1.09 bits per heavy atom. The number of nitro benzene ring substituents is 1. The molecule has 0 saturated heterocycles. The lowest BCUT2D eigenvalue weighted by Gasteiger charge is -2.06.